The molecular weight excluding hydrogens is 310 g/mol. The van der Waals surface area contributed by atoms with Crippen LogP contribution in [0.1, 0.15) is 11.8 Å². The van der Waals surface area contributed by atoms with Crippen LogP contribution in [0.25, 0.3) is 0 Å². The molecule has 0 aliphatic heterocycles. The lowest BCUT2D eigenvalue weighted by molar-refractivity contribution is -0.134. The lowest BCUT2D eigenvalue weighted by atomic mass is 10.3. The molecule has 114 valence electrons. The molecule has 2 rings (SSSR count). The highest BCUT2D eigenvalue weighted by atomic mass is 32.2. The smallest absolute Gasteiger partial charge is 0.300 e. The van der Waals surface area contributed by atoms with Crippen molar-refractivity contribution in [3.05, 3.63) is 52.7 Å². The van der Waals surface area contributed by atoms with Gasteiger partial charge in [-0.25, -0.2) is 13.1 Å². The molecule has 2 aromatic rings. The Morgan fingerprint density at radius 1 is 1.19 bits per heavy atom. The van der Waals surface area contributed by atoms with Crippen molar-refractivity contribution in [2.45, 2.75) is 18.2 Å². The summed E-state index contributed by atoms with van der Waals surface area (Å²) in [5, 5.41) is 9.40. The van der Waals surface area contributed by atoms with Crippen molar-refractivity contribution >= 4 is 27.3 Å². The van der Waals surface area contributed by atoms with Crippen molar-refractivity contribution in [1.29, 1.82) is 0 Å². The fourth-order valence-electron chi connectivity index (χ4n) is 1.45. The molecule has 5 nitrogen and oxygen atoms in total. The van der Waals surface area contributed by atoms with Gasteiger partial charge in [0.05, 0.1) is 4.90 Å². The Morgan fingerprint density at radius 2 is 1.81 bits per heavy atom. The first kappa shape index (κ1) is 17.4. The second kappa shape index (κ2) is 8.56. The number of hydrogen-bond acceptors (Lipinski definition) is 4. The zero-order valence-corrected chi connectivity index (χ0v) is 13.2. The van der Waals surface area contributed by atoms with E-state index in [2.05, 4.69) is 4.72 Å². The molecule has 2 N–H and O–H groups in total. The number of nitrogens with one attached hydrogen (secondary N) is 1. The molecule has 0 amide bonds. The highest BCUT2D eigenvalue weighted by Gasteiger charge is 2.11. The largest absolute Gasteiger partial charge is 0.481 e. The summed E-state index contributed by atoms with van der Waals surface area (Å²) in [5.74, 6) is -0.833. The van der Waals surface area contributed by atoms with E-state index in [0.717, 1.165) is 13.3 Å². The molecule has 1 heterocycles. The van der Waals surface area contributed by atoms with Crippen molar-refractivity contribution in [2.75, 3.05) is 6.54 Å². The van der Waals surface area contributed by atoms with Gasteiger partial charge in [0.1, 0.15) is 0 Å². The monoisotopic (exact) mass is 327 g/mol. The minimum Gasteiger partial charge on any atom is -0.481 e. The van der Waals surface area contributed by atoms with Crippen LogP contribution in [0.5, 0.6) is 0 Å². The molecule has 0 spiro atoms. The maximum atomic E-state index is 11.9. The standard InChI is InChI=1S/C12H13NO2S2.C2H4O2/c14-17(15,12-6-2-1-3-7-12)13-9-8-11-5-4-10-16-11;1-2(3)4/h1-7,10,13H,8-9H2;1H3,(H,3,4). The Kier molecular flexibility index (Phi) is 7.07. The minimum atomic E-state index is -3.36. The average molecular weight is 327 g/mol. The van der Waals surface area contributed by atoms with Gasteiger partial charge < -0.3 is 5.11 Å². The van der Waals surface area contributed by atoms with Crippen molar-refractivity contribution in [3.63, 3.8) is 0 Å². The fraction of sp³-hybridized carbons (Fsp3) is 0.214. The first-order valence-electron chi connectivity index (χ1n) is 6.18. The second-order valence-corrected chi connectivity index (χ2v) is 6.86. The summed E-state index contributed by atoms with van der Waals surface area (Å²) in [5.41, 5.74) is 0. The third kappa shape index (κ3) is 7.03. The van der Waals surface area contributed by atoms with Gasteiger partial charge in [0.25, 0.3) is 5.97 Å². The van der Waals surface area contributed by atoms with E-state index in [-0.39, 0.29) is 0 Å². The number of benzene rings is 1. The molecule has 0 unspecified atom stereocenters. The van der Waals surface area contributed by atoms with Crippen molar-refractivity contribution in [2.24, 2.45) is 0 Å². The minimum absolute atomic E-state index is 0.311. The van der Waals surface area contributed by atoms with Crippen LogP contribution in [0.15, 0.2) is 52.7 Å². The highest BCUT2D eigenvalue weighted by Crippen LogP contribution is 2.10. The number of hydrogen-bond donors (Lipinski definition) is 2. The molecule has 1 aromatic carbocycles. The zero-order valence-electron chi connectivity index (χ0n) is 11.5. The Bertz CT molecular complexity index is 633. The van der Waals surface area contributed by atoms with Crippen LogP contribution >= 0.6 is 11.3 Å². The second-order valence-electron chi connectivity index (χ2n) is 4.06. The van der Waals surface area contributed by atoms with E-state index < -0.39 is 16.0 Å². The molecule has 0 saturated heterocycles. The van der Waals surface area contributed by atoms with Gasteiger partial charge in [0, 0.05) is 18.3 Å². The van der Waals surface area contributed by atoms with Crippen LogP contribution in [0.2, 0.25) is 0 Å². The van der Waals surface area contributed by atoms with Gasteiger partial charge in [-0.15, -0.1) is 11.3 Å². The Hall–Kier alpha value is -1.70. The van der Waals surface area contributed by atoms with Crippen LogP contribution in [-0.4, -0.2) is 26.0 Å². The summed E-state index contributed by atoms with van der Waals surface area (Å²) in [6, 6.07) is 12.4. The quantitative estimate of drug-likeness (QED) is 0.883. The van der Waals surface area contributed by atoms with E-state index in [0.29, 0.717) is 11.4 Å². The van der Waals surface area contributed by atoms with E-state index in [1.165, 1.54) is 4.88 Å². The van der Waals surface area contributed by atoms with Crippen molar-refractivity contribution < 1.29 is 18.3 Å². The summed E-state index contributed by atoms with van der Waals surface area (Å²) in [7, 11) is -3.36. The van der Waals surface area contributed by atoms with Gasteiger partial charge in [0.15, 0.2) is 0 Å². The third-order valence-corrected chi connectivity index (χ3v) is 4.71. The molecule has 0 radical (unpaired) electrons. The van der Waals surface area contributed by atoms with Crippen molar-refractivity contribution in [3.8, 4) is 0 Å². The summed E-state index contributed by atoms with van der Waals surface area (Å²) < 4.78 is 26.3. The average Bonchev–Trinajstić information content (AvgIpc) is 2.92. The van der Waals surface area contributed by atoms with E-state index >= 15 is 0 Å². The Balaban J connectivity index is 0.000000491. The molecule has 0 bridgehead atoms. The first-order chi connectivity index (χ1) is 9.92. The van der Waals surface area contributed by atoms with Crippen LogP contribution in [0, 0.1) is 0 Å². The number of thiophene rings is 1. The number of aliphatic carboxylic acids is 1. The van der Waals surface area contributed by atoms with E-state index in [1.807, 2.05) is 17.5 Å². The third-order valence-electron chi connectivity index (χ3n) is 2.30. The molecule has 0 saturated carbocycles. The number of carboxylic acids is 1. The van der Waals surface area contributed by atoms with Gasteiger partial charge in [-0.05, 0) is 30.0 Å². The summed E-state index contributed by atoms with van der Waals surface area (Å²) >= 11 is 1.63. The molecule has 0 atom stereocenters. The van der Waals surface area contributed by atoms with Gasteiger partial charge in [0.2, 0.25) is 10.0 Å². The summed E-state index contributed by atoms with van der Waals surface area (Å²) in [6.07, 6.45) is 0.726. The van der Waals surface area contributed by atoms with E-state index in [1.54, 1.807) is 41.7 Å². The highest BCUT2D eigenvalue weighted by molar-refractivity contribution is 7.89. The van der Waals surface area contributed by atoms with Gasteiger partial charge in [-0.3, -0.25) is 4.79 Å². The van der Waals surface area contributed by atoms with Gasteiger partial charge >= 0.3 is 0 Å². The number of sulfonamides is 1. The van der Waals surface area contributed by atoms with E-state index in [9.17, 15) is 8.42 Å². The molecular formula is C14H17NO4S2. The first-order valence-corrected chi connectivity index (χ1v) is 8.55. The van der Waals surface area contributed by atoms with Crippen LogP contribution in [0.4, 0.5) is 0 Å². The maximum Gasteiger partial charge on any atom is 0.300 e. The predicted octanol–water partition coefficient (Wildman–Crippen LogP) is 2.36. The molecule has 1 aromatic heterocycles. The molecule has 21 heavy (non-hydrogen) atoms. The van der Waals surface area contributed by atoms with Gasteiger partial charge in [-0.1, -0.05) is 24.3 Å². The lowest BCUT2D eigenvalue weighted by Gasteiger charge is -2.05. The SMILES string of the molecule is CC(=O)O.O=S(=O)(NCCc1cccs1)c1ccccc1. The number of carboxylic acid groups (broad SMARTS) is 1. The van der Waals surface area contributed by atoms with Gasteiger partial charge in [-0.2, -0.15) is 0 Å². The molecule has 7 heteroatoms. The molecule has 0 fully saturated rings. The van der Waals surface area contributed by atoms with Crippen LogP contribution in [0.3, 0.4) is 0 Å². The number of rotatable bonds is 5. The summed E-state index contributed by atoms with van der Waals surface area (Å²) in [6.45, 7) is 1.51. The summed E-state index contributed by atoms with van der Waals surface area (Å²) in [4.78, 5) is 10.5. The van der Waals surface area contributed by atoms with Crippen LogP contribution in [-0.2, 0) is 21.2 Å². The molecule has 0 aliphatic carbocycles. The Labute approximate surface area is 128 Å². The Morgan fingerprint density at radius 3 is 2.33 bits per heavy atom. The zero-order chi connectivity index (χ0) is 15.7. The predicted molar refractivity (Wildman–Crippen MR) is 83.0 cm³/mol. The molecule has 0 aliphatic rings. The maximum absolute atomic E-state index is 11.9. The van der Waals surface area contributed by atoms with Crippen molar-refractivity contribution in [1.82, 2.24) is 4.72 Å². The topological polar surface area (TPSA) is 83.5 Å². The van der Waals surface area contributed by atoms with E-state index in [4.69, 9.17) is 9.90 Å². The van der Waals surface area contributed by atoms with Crippen LogP contribution < -0.4 is 4.72 Å². The normalized spacial score (nSPS) is 10.5. The lowest BCUT2D eigenvalue weighted by Crippen LogP contribution is -2.25. The fourth-order valence-corrected chi connectivity index (χ4v) is 3.21. The number of carbonyl (C=O) groups is 1.